The molecular weight excluding hydrogens is 426 g/mol. The number of nitrogen functional groups attached to an aromatic ring is 1. The third-order valence-corrected chi connectivity index (χ3v) is 5.97. The minimum Gasteiger partial charge on any atom is -0.378 e. The maximum atomic E-state index is 5.94. The van der Waals surface area contributed by atoms with E-state index in [4.69, 9.17) is 15.5 Å². The second-order valence-corrected chi connectivity index (χ2v) is 8.16. The Kier molecular flexibility index (Phi) is 5.12. The average Bonchev–Trinajstić information content (AvgIpc) is 2.89. The van der Waals surface area contributed by atoms with Gasteiger partial charge >= 0.3 is 0 Å². The number of aromatic nitrogens is 4. The van der Waals surface area contributed by atoms with E-state index in [9.17, 15) is 0 Å². The van der Waals surface area contributed by atoms with Gasteiger partial charge in [-0.1, -0.05) is 48.5 Å². The predicted octanol–water partition coefficient (Wildman–Crippen LogP) is 4.40. The van der Waals surface area contributed by atoms with Gasteiger partial charge in [0, 0.05) is 35.4 Å². The molecule has 3 aromatic carbocycles. The van der Waals surface area contributed by atoms with E-state index in [0.717, 1.165) is 35.7 Å². The van der Waals surface area contributed by atoms with E-state index in [1.165, 1.54) is 10.8 Å². The van der Waals surface area contributed by atoms with Crippen molar-refractivity contribution in [2.75, 3.05) is 42.3 Å². The first-order valence-electron chi connectivity index (χ1n) is 11.2. The standard InChI is InChI=1S/C26H23N7O/c27-26-31-24-23(25(32-26)33-12-14-34-15-13-33)30-22(16-28-24)18-8-10-19(11-9-18)29-21-7-3-5-17-4-1-2-6-20(17)21/h1-11,16,29H,12-15H2,(H2,27,28,31,32). The van der Waals surface area contributed by atoms with Crippen molar-refractivity contribution in [1.29, 1.82) is 0 Å². The largest absolute Gasteiger partial charge is 0.378 e. The molecule has 8 nitrogen and oxygen atoms in total. The Bertz CT molecular complexity index is 1480. The van der Waals surface area contributed by atoms with Gasteiger partial charge in [-0.05, 0) is 23.6 Å². The van der Waals surface area contributed by atoms with Crippen LogP contribution >= 0.6 is 0 Å². The van der Waals surface area contributed by atoms with Crippen molar-refractivity contribution in [2.24, 2.45) is 0 Å². The van der Waals surface area contributed by atoms with Crippen LogP contribution in [0.15, 0.2) is 72.9 Å². The highest BCUT2D eigenvalue weighted by molar-refractivity contribution is 5.95. The van der Waals surface area contributed by atoms with E-state index < -0.39 is 0 Å². The molecule has 5 aromatic rings. The molecule has 34 heavy (non-hydrogen) atoms. The highest BCUT2D eigenvalue weighted by Crippen LogP contribution is 2.29. The number of nitrogens with zero attached hydrogens (tertiary/aromatic N) is 5. The lowest BCUT2D eigenvalue weighted by atomic mass is 10.1. The second kappa shape index (κ2) is 8.57. The van der Waals surface area contributed by atoms with E-state index >= 15 is 0 Å². The molecule has 0 aliphatic carbocycles. The molecule has 6 rings (SSSR count). The predicted molar refractivity (Wildman–Crippen MR) is 135 cm³/mol. The highest BCUT2D eigenvalue weighted by atomic mass is 16.5. The zero-order chi connectivity index (χ0) is 22.9. The molecule has 1 saturated heterocycles. The summed E-state index contributed by atoms with van der Waals surface area (Å²) >= 11 is 0. The van der Waals surface area contributed by atoms with Crippen LogP contribution in [0.3, 0.4) is 0 Å². The topological polar surface area (TPSA) is 102 Å². The first-order valence-corrected chi connectivity index (χ1v) is 11.2. The summed E-state index contributed by atoms with van der Waals surface area (Å²) in [5.74, 6) is 0.897. The molecular formula is C26H23N7O. The summed E-state index contributed by atoms with van der Waals surface area (Å²) < 4.78 is 5.48. The monoisotopic (exact) mass is 449 g/mol. The average molecular weight is 450 g/mol. The summed E-state index contributed by atoms with van der Waals surface area (Å²) in [5, 5.41) is 5.91. The molecule has 168 valence electrons. The first kappa shape index (κ1) is 20.3. The summed E-state index contributed by atoms with van der Waals surface area (Å²) in [6, 6.07) is 22.8. The molecule has 0 bridgehead atoms. The number of morpholine rings is 1. The lowest BCUT2D eigenvalue weighted by Gasteiger charge is -2.28. The molecule has 0 amide bonds. The molecule has 1 aliphatic rings. The van der Waals surface area contributed by atoms with E-state index in [2.05, 4.69) is 67.6 Å². The fraction of sp³-hybridized carbons (Fsp3) is 0.154. The number of nitrogens with two attached hydrogens (primary N) is 1. The van der Waals surface area contributed by atoms with E-state index in [1.807, 2.05) is 24.3 Å². The number of anilines is 4. The van der Waals surface area contributed by atoms with Crippen LogP contribution in [0.5, 0.6) is 0 Å². The van der Waals surface area contributed by atoms with E-state index in [0.29, 0.717) is 30.2 Å². The smallest absolute Gasteiger partial charge is 0.224 e. The molecule has 8 heteroatoms. The van der Waals surface area contributed by atoms with Crippen LogP contribution in [-0.4, -0.2) is 46.2 Å². The minimum absolute atomic E-state index is 0.194. The lowest BCUT2D eigenvalue weighted by molar-refractivity contribution is 0.122. The number of ether oxygens (including phenoxy) is 1. The molecule has 0 saturated carbocycles. The van der Waals surface area contributed by atoms with Crippen molar-refractivity contribution in [1.82, 2.24) is 19.9 Å². The zero-order valence-corrected chi connectivity index (χ0v) is 18.5. The van der Waals surface area contributed by atoms with Crippen molar-refractivity contribution < 1.29 is 4.74 Å². The molecule has 3 N–H and O–H groups in total. The van der Waals surface area contributed by atoms with E-state index in [1.54, 1.807) is 6.20 Å². The van der Waals surface area contributed by atoms with Crippen molar-refractivity contribution in [3.8, 4) is 11.3 Å². The van der Waals surface area contributed by atoms with E-state index in [-0.39, 0.29) is 5.95 Å². The van der Waals surface area contributed by atoms with Crippen LogP contribution in [0.2, 0.25) is 0 Å². The summed E-state index contributed by atoms with van der Waals surface area (Å²) in [5.41, 5.74) is 10.9. The summed E-state index contributed by atoms with van der Waals surface area (Å²) in [6.45, 7) is 2.74. The number of nitrogens with one attached hydrogen (secondary N) is 1. The number of hydrogen-bond donors (Lipinski definition) is 2. The Hall–Kier alpha value is -4.30. The SMILES string of the molecule is Nc1nc(N2CCOCC2)c2nc(-c3ccc(Nc4cccc5ccccc45)cc3)cnc2n1. The van der Waals surface area contributed by atoms with Gasteiger partial charge in [0.05, 0.1) is 25.1 Å². The molecule has 0 atom stereocenters. The van der Waals surface area contributed by atoms with Gasteiger partial charge < -0.3 is 20.7 Å². The molecule has 0 radical (unpaired) electrons. The molecule has 0 unspecified atom stereocenters. The maximum absolute atomic E-state index is 5.94. The van der Waals surface area contributed by atoms with Crippen LogP contribution in [0.4, 0.5) is 23.1 Å². The minimum atomic E-state index is 0.194. The fourth-order valence-electron chi connectivity index (χ4n) is 4.26. The number of rotatable bonds is 4. The lowest BCUT2D eigenvalue weighted by Crippen LogP contribution is -2.37. The van der Waals surface area contributed by atoms with Crippen LogP contribution in [0, 0.1) is 0 Å². The molecule has 3 heterocycles. The van der Waals surface area contributed by atoms with Crippen molar-refractivity contribution in [3.05, 3.63) is 72.9 Å². The third-order valence-electron chi connectivity index (χ3n) is 5.97. The van der Waals surface area contributed by atoms with Crippen molar-refractivity contribution >= 4 is 45.1 Å². The Morgan fingerprint density at radius 2 is 1.65 bits per heavy atom. The van der Waals surface area contributed by atoms with Crippen LogP contribution in [0.1, 0.15) is 0 Å². The molecule has 1 aliphatic heterocycles. The van der Waals surface area contributed by atoms with Gasteiger partial charge in [0.15, 0.2) is 17.0 Å². The summed E-state index contributed by atoms with van der Waals surface area (Å²) in [4.78, 5) is 20.3. The summed E-state index contributed by atoms with van der Waals surface area (Å²) in [6.07, 6.45) is 1.73. The van der Waals surface area contributed by atoms with Gasteiger partial charge in [-0.3, -0.25) is 0 Å². The maximum Gasteiger partial charge on any atom is 0.224 e. The Morgan fingerprint density at radius 3 is 2.50 bits per heavy atom. The highest BCUT2D eigenvalue weighted by Gasteiger charge is 2.19. The van der Waals surface area contributed by atoms with Crippen LogP contribution in [-0.2, 0) is 4.74 Å². The second-order valence-electron chi connectivity index (χ2n) is 8.16. The Balaban J connectivity index is 1.32. The number of hydrogen-bond acceptors (Lipinski definition) is 8. The molecule has 2 aromatic heterocycles. The zero-order valence-electron chi connectivity index (χ0n) is 18.5. The van der Waals surface area contributed by atoms with Gasteiger partial charge in [0.25, 0.3) is 0 Å². The Labute approximate surface area is 196 Å². The van der Waals surface area contributed by atoms with Gasteiger partial charge in [-0.2, -0.15) is 9.97 Å². The molecule has 1 fully saturated rings. The van der Waals surface area contributed by atoms with Crippen molar-refractivity contribution in [3.63, 3.8) is 0 Å². The first-order chi connectivity index (χ1) is 16.7. The summed E-state index contributed by atoms with van der Waals surface area (Å²) in [7, 11) is 0. The van der Waals surface area contributed by atoms with Crippen LogP contribution < -0.4 is 16.0 Å². The third kappa shape index (κ3) is 3.84. The molecule has 0 spiro atoms. The van der Waals surface area contributed by atoms with Gasteiger partial charge in [-0.15, -0.1) is 0 Å². The quantitative estimate of drug-likeness (QED) is 0.416. The number of benzene rings is 3. The van der Waals surface area contributed by atoms with Crippen molar-refractivity contribution in [2.45, 2.75) is 0 Å². The van der Waals surface area contributed by atoms with Crippen LogP contribution in [0.25, 0.3) is 33.2 Å². The fourth-order valence-corrected chi connectivity index (χ4v) is 4.26. The normalized spacial score (nSPS) is 13.9. The number of fused-ring (bicyclic) bond motifs is 2. The Morgan fingerprint density at radius 1 is 0.853 bits per heavy atom. The van der Waals surface area contributed by atoms with Gasteiger partial charge in [0.2, 0.25) is 5.95 Å². The van der Waals surface area contributed by atoms with Gasteiger partial charge in [0.1, 0.15) is 0 Å². The van der Waals surface area contributed by atoms with Gasteiger partial charge in [-0.25, -0.2) is 9.97 Å².